The molecule has 0 unspecified atom stereocenters. The summed E-state index contributed by atoms with van der Waals surface area (Å²) in [5.74, 6) is 0. The molecule has 7 heteroatoms. The first-order valence-electron chi connectivity index (χ1n) is 6.87. The second kappa shape index (κ2) is 5.83. The minimum atomic E-state index is -3.60. The van der Waals surface area contributed by atoms with Crippen molar-refractivity contribution in [1.29, 1.82) is 0 Å². The normalized spacial score (nSPS) is 13.2. The summed E-state index contributed by atoms with van der Waals surface area (Å²) in [7, 11) is -0.244. The molecule has 0 fully saturated rings. The molecule has 116 valence electrons. The van der Waals surface area contributed by atoms with Crippen LogP contribution >= 0.6 is 0 Å². The van der Waals surface area contributed by atoms with Gasteiger partial charge in [-0.2, -0.15) is 9.40 Å². The van der Waals surface area contributed by atoms with E-state index in [4.69, 9.17) is 5.73 Å². The van der Waals surface area contributed by atoms with Crippen molar-refractivity contribution in [1.82, 2.24) is 14.1 Å². The van der Waals surface area contributed by atoms with Crippen molar-refractivity contribution in [3.8, 4) is 0 Å². The summed E-state index contributed by atoms with van der Waals surface area (Å²) in [6.07, 6.45) is 1.35. The van der Waals surface area contributed by atoms with E-state index in [9.17, 15) is 8.42 Å². The predicted octanol–water partition coefficient (Wildman–Crippen LogP) is 1.17. The van der Waals surface area contributed by atoms with Gasteiger partial charge in [0.05, 0.1) is 11.4 Å². The molecule has 6 nitrogen and oxygen atoms in total. The average Bonchev–Trinajstić information content (AvgIpc) is 2.66. The molecule has 0 saturated carbocycles. The molecule has 0 radical (unpaired) electrons. The summed E-state index contributed by atoms with van der Waals surface area (Å²) in [6.45, 7) is 7.71. The summed E-state index contributed by atoms with van der Waals surface area (Å²) in [5, 5.41) is 4.20. The fourth-order valence-corrected chi connectivity index (χ4v) is 4.67. The van der Waals surface area contributed by atoms with Crippen molar-refractivity contribution >= 4 is 10.0 Å². The fraction of sp³-hybridized carbons (Fsp3) is 0.769. The van der Waals surface area contributed by atoms with Crippen LogP contribution in [0.15, 0.2) is 4.90 Å². The monoisotopic (exact) mass is 302 g/mol. The highest BCUT2D eigenvalue weighted by Gasteiger charge is 2.40. The van der Waals surface area contributed by atoms with Gasteiger partial charge in [0.2, 0.25) is 10.0 Å². The number of nitrogens with zero attached hydrogens (tertiary/aromatic N) is 3. The van der Waals surface area contributed by atoms with E-state index in [1.807, 2.05) is 13.8 Å². The maximum absolute atomic E-state index is 12.9. The molecule has 0 spiro atoms. The minimum Gasteiger partial charge on any atom is -0.329 e. The third-order valence-corrected chi connectivity index (χ3v) is 6.64. The summed E-state index contributed by atoms with van der Waals surface area (Å²) in [6, 6.07) is 0. The lowest BCUT2D eigenvalue weighted by molar-refractivity contribution is 0.208. The number of aryl methyl sites for hydroxylation is 2. The van der Waals surface area contributed by atoms with Crippen molar-refractivity contribution < 1.29 is 8.42 Å². The van der Waals surface area contributed by atoms with Gasteiger partial charge in [0.25, 0.3) is 0 Å². The number of aromatic nitrogens is 2. The minimum absolute atomic E-state index is 0.294. The molecule has 0 amide bonds. The zero-order valence-corrected chi connectivity index (χ0v) is 14.1. The molecule has 1 aromatic rings. The van der Waals surface area contributed by atoms with Crippen molar-refractivity contribution in [3.05, 3.63) is 11.4 Å². The molecule has 0 aromatic carbocycles. The van der Waals surface area contributed by atoms with E-state index in [-0.39, 0.29) is 0 Å². The molecule has 0 aliphatic carbocycles. The maximum atomic E-state index is 12.9. The molecule has 0 atom stereocenters. The Morgan fingerprint density at radius 3 is 2.10 bits per heavy atom. The Morgan fingerprint density at radius 2 is 1.80 bits per heavy atom. The summed E-state index contributed by atoms with van der Waals surface area (Å²) in [4.78, 5) is 0.294. The molecular weight excluding hydrogens is 276 g/mol. The highest BCUT2D eigenvalue weighted by molar-refractivity contribution is 7.89. The predicted molar refractivity (Wildman–Crippen MR) is 80.0 cm³/mol. The Balaban J connectivity index is 3.43. The van der Waals surface area contributed by atoms with E-state index < -0.39 is 15.6 Å². The van der Waals surface area contributed by atoms with Gasteiger partial charge in [0, 0.05) is 26.2 Å². The first-order chi connectivity index (χ1) is 9.17. The average molecular weight is 302 g/mol. The highest BCUT2D eigenvalue weighted by atomic mass is 32.2. The fourth-order valence-electron chi connectivity index (χ4n) is 2.63. The van der Waals surface area contributed by atoms with Gasteiger partial charge >= 0.3 is 0 Å². The third-order valence-electron chi connectivity index (χ3n) is 4.43. The lowest BCUT2D eigenvalue weighted by Gasteiger charge is -2.38. The second-order valence-corrected chi connectivity index (χ2v) is 7.14. The molecule has 2 N–H and O–H groups in total. The summed E-state index contributed by atoms with van der Waals surface area (Å²) >= 11 is 0. The van der Waals surface area contributed by atoms with Gasteiger partial charge in [-0.25, -0.2) is 8.42 Å². The van der Waals surface area contributed by atoms with Crippen LogP contribution in [0.3, 0.4) is 0 Å². The molecule has 20 heavy (non-hydrogen) atoms. The third kappa shape index (κ3) is 2.49. The Hall–Kier alpha value is -0.920. The van der Waals surface area contributed by atoms with Crippen LogP contribution in [-0.4, -0.2) is 41.6 Å². The van der Waals surface area contributed by atoms with Gasteiger partial charge in [-0.1, -0.05) is 13.8 Å². The summed E-state index contributed by atoms with van der Waals surface area (Å²) < 4.78 is 28.9. The number of rotatable bonds is 6. The Kier molecular flexibility index (Phi) is 4.99. The maximum Gasteiger partial charge on any atom is 0.247 e. The molecule has 1 rings (SSSR count). The van der Waals surface area contributed by atoms with Crippen LogP contribution < -0.4 is 5.73 Å². The van der Waals surface area contributed by atoms with Crippen LogP contribution in [0.25, 0.3) is 0 Å². The van der Waals surface area contributed by atoms with Gasteiger partial charge in [-0.15, -0.1) is 0 Å². The van der Waals surface area contributed by atoms with E-state index >= 15 is 0 Å². The number of hydrogen-bond acceptors (Lipinski definition) is 4. The van der Waals surface area contributed by atoms with Gasteiger partial charge in [-0.05, 0) is 26.7 Å². The Morgan fingerprint density at radius 1 is 1.30 bits per heavy atom. The molecular formula is C13H26N4O2S. The van der Waals surface area contributed by atoms with Gasteiger partial charge in [0.15, 0.2) is 0 Å². The van der Waals surface area contributed by atoms with E-state index in [1.54, 1.807) is 32.6 Å². The zero-order chi connectivity index (χ0) is 15.7. The second-order valence-electron chi connectivity index (χ2n) is 5.23. The first kappa shape index (κ1) is 17.1. The van der Waals surface area contributed by atoms with Crippen LogP contribution in [-0.2, 0) is 17.1 Å². The SMILES string of the molecule is CCC(CC)(CN)N(C)S(=O)(=O)c1c(C)nn(C)c1C. The Bertz CT molecular complexity index is 565. The molecule has 1 aromatic heterocycles. The number of sulfonamides is 1. The van der Waals surface area contributed by atoms with E-state index in [2.05, 4.69) is 5.10 Å². The standard InChI is InChI=1S/C13H26N4O2S/c1-7-13(8-2,9-14)17(6)20(18,19)12-10(3)15-16(5)11(12)4/h7-9,14H2,1-6H3. The topological polar surface area (TPSA) is 81.2 Å². The molecule has 0 aliphatic heterocycles. The van der Waals surface area contributed by atoms with E-state index in [0.717, 1.165) is 0 Å². The number of hydrogen-bond donors (Lipinski definition) is 1. The molecule has 0 bridgehead atoms. The van der Waals surface area contributed by atoms with Crippen molar-refractivity contribution in [3.63, 3.8) is 0 Å². The molecule has 0 aliphatic rings. The van der Waals surface area contributed by atoms with E-state index in [0.29, 0.717) is 35.7 Å². The van der Waals surface area contributed by atoms with Crippen molar-refractivity contribution in [2.45, 2.75) is 51.0 Å². The lowest BCUT2D eigenvalue weighted by Crippen LogP contribution is -2.53. The van der Waals surface area contributed by atoms with Gasteiger partial charge in [0.1, 0.15) is 4.90 Å². The first-order valence-corrected chi connectivity index (χ1v) is 8.31. The van der Waals surface area contributed by atoms with Gasteiger partial charge in [-0.3, -0.25) is 4.68 Å². The van der Waals surface area contributed by atoms with Crippen LogP contribution in [0.4, 0.5) is 0 Å². The number of nitrogens with two attached hydrogens (primary N) is 1. The molecule has 1 heterocycles. The largest absolute Gasteiger partial charge is 0.329 e. The van der Waals surface area contributed by atoms with E-state index in [1.165, 1.54) is 4.31 Å². The van der Waals surface area contributed by atoms with Crippen LogP contribution in [0, 0.1) is 13.8 Å². The summed E-state index contributed by atoms with van der Waals surface area (Å²) in [5.41, 5.74) is 6.48. The van der Waals surface area contributed by atoms with Crippen LogP contribution in [0.5, 0.6) is 0 Å². The lowest BCUT2D eigenvalue weighted by atomic mass is 9.93. The molecule has 0 saturated heterocycles. The van der Waals surface area contributed by atoms with Crippen molar-refractivity contribution in [2.24, 2.45) is 12.8 Å². The number of likely N-dealkylation sites (N-methyl/N-ethyl adjacent to an activating group) is 1. The quantitative estimate of drug-likeness (QED) is 0.855. The van der Waals surface area contributed by atoms with Crippen LogP contribution in [0.2, 0.25) is 0 Å². The Labute approximate surface area is 122 Å². The van der Waals surface area contributed by atoms with Crippen LogP contribution in [0.1, 0.15) is 38.1 Å². The smallest absolute Gasteiger partial charge is 0.247 e. The van der Waals surface area contributed by atoms with Gasteiger partial charge < -0.3 is 5.73 Å². The van der Waals surface area contributed by atoms with Crippen molar-refractivity contribution in [2.75, 3.05) is 13.6 Å². The highest BCUT2D eigenvalue weighted by Crippen LogP contribution is 2.30. The zero-order valence-electron chi connectivity index (χ0n) is 13.3.